The minimum atomic E-state index is -0.975. The molecule has 4 rings (SSSR count). The lowest BCUT2D eigenvalue weighted by molar-refractivity contribution is -0.139. The summed E-state index contributed by atoms with van der Waals surface area (Å²) < 4.78 is 5.16. The predicted molar refractivity (Wildman–Crippen MR) is 160 cm³/mol. The summed E-state index contributed by atoms with van der Waals surface area (Å²) in [6.07, 6.45) is 1.47. The SMILES string of the molecule is O=C[C@H](Cc1ccccc1)NC(=O)[C@H](Cc1ccccc1)NC(=O)[C@@H]1CCCN1C(=O)CNC(=O)OCc1ccccc1. The molecule has 10 heteroatoms. The second-order valence-corrected chi connectivity index (χ2v) is 10.4. The van der Waals surface area contributed by atoms with Gasteiger partial charge in [-0.25, -0.2) is 4.79 Å². The summed E-state index contributed by atoms with van der Waals surface area (Å²) in [4.78, 5) is 65.1. The Morgan fingerprint density at radius 1 is 0.814 bits per heavy atom. The molecule has 4 amide bonds. The van der Waals surface area contributed by atoms with Crippen molar-refractivity contribution in [1.82, 2.24) is 20.9 Å². The highest BCUT2D eigenvalue weighted by atomic mass is 16.5. The van der Waals surface area contributed by atoms with Crippen molar-refractivity contribution >= 4 is 30.1 Å². The van der Waals surface area contributed by atoms with E-state index in [9.17, 15) is 24.0 Å². The first-order chi connectivity index (χ1) is 20.9. The minimum absolute atomic E-state index is 0.0663. The number of nitrogens with one attached hydrogen (secondary N) is 3. The quantitative estimate of drug-likeness (QED) is 0.265. The molecule has 224 valence electrons. The number of nitrogens with zero attached hydrogens (tertiary/aromatic N) is 1. The van der Waals surface area contributed by atoms with Crippen LogP contribution in [-0.4, -0.2) is 66.2 Å². The number of alkyl carbamates (subject to hydrolysis) is 1. The van der Waals surface area contributed by atoms with Crippen LogP contribution in [0.1, 0.15) is 29.5 Å². The lowest BCUT2D eigenvalue weighted by atomic mass is 10.0. The first-order valence-electron chi connectivity index (χ1n) is 14.3. The molecule has 0 unspecified atom stereocenters. The zero-order chi connectivity index (χ0) is 30.4. The third-order valence-electron chi connectivity index (χ3n) is 7.18. The Hall–Kier alpha value is -4.99. The van der Waals surface area contributed by atoms with Crippen LogP contribution in [0.3, 0.4) is 0 Å². The summed E-state index contributed by atoms with van der Waals surface area (Å²) in [5.74, 6) is -1.40. The van der Waals surface area contributed by atoms with Crippen molar-refractivity contribution < 1.29 is 28.7 Å². The maximum absolute atomic E-state index is 13.4. The molecule has 3 atom stereocenters. The molecule has 0 aromatic heterocycles. The molecule has 1 heterocycles. The van der Waals surface area contributed by atoms with Gasteiger partial charge in [0.25, 0.3) is 0 Å². The Kier molecular flexibility index (Phi) is 11.4. The summed E-state index contributed by atoms with van der Waals surface area (Å²) in [5.41, 5.74) is 2.53. The van der Waals surface area contributed by atoms with Crippen molar-refractivity contribution in [1.29, 1.82) is 0 Å². The molecule has 43 heavy (non-hydrogen) atoms. The molecule has 1 saturated heterocycles. The Labute approximate surface area is 250 Å². The van der Waals surface area contributed by atoms with Gasteiger partial charge in [0.15, 0.2) is 0 Å². The molecular formula is C33H36N4O6. The molecule has 3 aromatic carbocycles. The molecule has 10 nitrogen and oxygen atoms in total. The summed E-state index contributed by atoms with van der Waals surface area (Å²) in [6.45, 7) is 0.0835. The fourth-order valence-corrected chi connectivity index (χ4v) is 4.97. The van der Waals surface area contributed by atoms with Gasteiger partial charge in [0.1, 0.15) is 31.5 Å². The molecule has 1 aliphatic heterocycles. The van der Waals surface area contributed by atoms with Crippen LogP contribution in [0.2, 0.25) is 0 Å². The number of carbonyl (C=O) groups excluding carboxylic acids is 5. The number of likely N-dealkylation sites (tertiary alicyclic amines) is 1. The molecule has 0 bridgehead atoms. The number of hydrogen-bond donors (Lipinski definition) is 3. The van der Waals surface area contributed by atoms with Gasteiger partial charge in [0, 0.05) is 13.0 Å². The molecule has 1 aliphatic rings. The molecule has 0 saturated carbocycles. The van der Waals surface area contributed by atoms with Crippen molar-refractivity contribution in [2.24, 2.45) is 0 Å². The molecule has 3 N–H and O–H groups in total. The summed E-state index contributed by atoms with van der Waals surface area (Å²) >= 11 is 0. The molecule has 0 radical (unpaired) electrons. The second kappa shape index (κ2) is 15.9. The fourth-order valence-electron chi connectivity index (χ4n) is 4.97. The molecular weight excluding hydrogens is 548 g/mol. The molecule has 3 aromatic rings. The van der Waals surface area contributed by atoms with Gasteiger partial charge < -0.3 is 30.4 Å². The van der Waals surface area contributed by atoms with Crippen LogP contribution >= 0.6 is 0 Å². The van der Waals surface area contributed by atoms with E-state index in [4.69, 9.17) is 4.74 Å². The van der Waals surface area contributed by atoms with Gasteiger partial charge in [-0.3, -0.25) is 14.4 Å². The van der Waals surface area contributed by atoms with Gasteiger partial charge in [-0.1, -0.05) is 91.0 Å². The van der Waals surface area contributed by atoms with E-state index >= 15 is 0 Å². The lowest BCUT2D eigenvalue weighted by Gasteiger charge is -2.27. The number of carbonyl (C=O) groups is 5. The van der Waals surface area contributed by atoms with Crippen LogP contribution in [-0.2, 0) is 43.4 Å². The van der Waals surface area contributed by atoms with E-state index in [0.717, 1.165) is 16.7 Å². The highest BCUT2D eigenvalue weighted by Gasteiger charge is 2.36. The van der Waals surface area contributed by atoms with Crippen LogP contribution in [0.25, 0.3) is 0 Å². The van der Waals surface area contributed by atoms with Crippen molar-refractivity contribution in [2.45, 2.75) is 50.4 Å². The zero-order valence-corrected chi connectivity index (χ0v) is 23.8. The molecule has 0 spiro atoms. The summed E-state index contributed by atoms with van der Waals surface area (Å²) in [6, 6.07) is 25.2. The number of hydrogen-bond acceptors (Lipinski definition) is 6. The smallest absolute Gasteiger partial charge is 0.407 e. The summed E-state index contributed by atoms with van der Waals surface area (Å²) in [5, 5.41) is 8.02. The third-order valence-corrected chi connectivity index (χ3v) is 7.18. The first-order valence-corrected chi connectivity index (χ1v) is 14.3. The average molecular weight is 585 g/mol. The first kappa shape index (κ1) is 31.0. The third kappa shape index (κ3) is 9.53. The van der Waals surface area contributed by atoms with E-state index in [0.29, 0.717) is 32.1 Å². The van der Waals surface area contributed by atoms with Crippen LogP contribution < -0.4 is 16.0 Å². The largest absolute Gasteiger partial charge is 0.445 e. The Morgan fingerprint density at radius 2 is 1.40 bits per heavy atom. The monoisotopic (exact) mass is 584 g/mol. The number of amides is 4. The van der Waals surface area contributed by atoms with Crippen LogP contribution in [0.5, 0.6) is 0 Å². The van der Waals surface area contributed by atoms with Gasteiger partial charge in [-0.2, -0.15) is 0 Å². The fraction of sp³-hybridized carbons (Fsp3) is 0.303. The standard InChI is InChI=1S/C33H36N4O6/c38-22-27(19-24-11-4-1-5-12-24)35-31(40)28(20-25-13-6-2-7-14-25)36-32(41)29-17-10-18-37(29)30(39)21-34-33(42)43-23-26-15-8-3-9-16-26/h1-9,11-16,22,27-29H,10,17-21,23H2,(H,34,42)(H,35,40)(H,36,41)/t27-,28-,29-/m0/s1. The van der Waals surface area contributed by atoms with Gasteiger partial charge in [-0.05, 0) is 36.0 Å². The molecule has 0 aliphatic carbocycles. The average Bonchev–Trinajstić information content (AvgIpc) is 3.54. The molecule has 1 fully saturated rings. The predicted octanol–water partition coefficient (Wildman–Crippen LogP) is 2.56. The van der Waals surface area contributed by atoms with Gasteiger partial charge in [0.05, 0.1) is 6.04 Å². The highest BCUT2D eigenvalue weighted by molar-refractivity contribution is 5.94. The van der Waals surface area contributed by atoms with E-state index in [1.165, 1.54) is 4.90 Å². The van der Waals surface area contributed by atoms with Crippen molar-refractivity contribution in [3.8, 4) is 0 Å². The number of benzene rings is 3. The van der Waals surface area contributed by atoms with E-state index in [1.54, 1.807) is 0 Å². The van der Waals surface area contributed by atoms with Crippen molar-refractivity contribution in [3.63, 3.8) is 0 Å². The second-order valence-electron chi connectivity index (χ2n) is 10.4. The Balaban J connectivity index is 1.35. The topological polar surface area (TPSA) is 134 Å². The number of aldehydes is 1. The van der Waals surface area contributed by atoms with E-state index in [1.807, 2.05) is 91.0 Å². The minimum Gasteiger partial charge on any atom is -0.445 e. The Morgan fingerprint density at radius 3 is 2.00 bits per heavy atom. The van der Waals surface area contributed by atoms with Crippen LogP contribution in [0, 0.1) is 0 Å². The maximum atomic E-state index is 13.4. The van der Waals surface area contributed by atoms with Gasteiger partial charge in [0.2, 0.25) is 17.7 Å². The van der Waals surface area contributed by atoms with Crippen LogP contribution in [0.4, 0.5) is 4.79 Å². The summed E-state index contributed by atoms with van der Waals surface area (Å²) in [7, 11) is 0. The zero-order valence-electron chi connectivity index (χ0n) is 23.8. The van der Waals surface area contributed by atoms with Crippen LogP contribution in [0.15, 0.2) is 91.0 Å². The van der Waals surface area contributed by atoms with Gasteiger partial charge in [-0.15, -0.1) is 0 Å². The van der Waals surface area contributed by atoms with E-state index < -0.39 is 41.9 Å². The van der Waals surface area contributed by atoms with Crippen molar-refractivity contribution in [2.75, 3.05) is 13.1 Å². The Bertz CT molecular complexity index is 1370. The van der Waals surface area contributed by atoms with Gasteiger partial charge >= 0.3 is 6.09 Å². The van der Waals surface area contributed by atoms with E-state index in [-0.39, 0.29) is 19.6 Å². The van der Waals surface area contributed by atoms with E-state index in [2.05, 4.69) is 16.0 Å². The highest BCUT2D eigenvalue weighted by Crippen LogP contribution is 2.18. The maximum Gasteiger partial charge on any atom is 0.407 e. The number of rotatable bonds is 13. The lowest BCUT2D eigenvalue weighted by Crippen LogP contribution is -2.56. The number of ether oxygens (including phenoxy) is 1. The van der Waals surface area contributed by atoms with Crippen molar-refractivity contribution in [3.05, 3.63) is 108 Å². The normalized spacial score (nSPS) is 15.5.